The number of Topliss-reactive ketones (excluding diaryl/α,β-unsaturated/α-hetero) is 2. The summed E-state index contributed by atoms with van der Waals surface area (Å²) in [5.74, 6) is -0.344. The lowest BCUT2D eigenvalue weighted by molar-refractivity contribution is 0.0903. The Balaban J connectivity index is 2.20. The molecule has 2 aromatic rings. The van der Waals surface area contributed by atoms with Crippen molar-refractivity contribution in [3.8, 4) is 0 Å². The van der Waals surface area contributed by atoms with Gasteiger partial charge in [-0.2, -0.15) is 0 Å². The van der Waals surface area contributed by atoms with Gasteiger partial charge in [0.2, 0.25) is 0 Å². The largest absolute Gasteiger partial charge is 0.293 e. The first-order valence-electron chi connectivity index (χ1n) is 5.64. The number of carbonyl (C=O) groups excluding carboxylic acids is 2. The van der Waals surface area contributed by atoms with Gasteiger partial charge < -0.3 is 0 Å². The van der Waals surface area contributed by atoms with E-state index in [1.807, 2.05) is 12.1 Å². The predicted octanol–water partition coefficient (Wildman–Crippen LogP) is 3.00. The lowest BCUT2D eigenvalue weighted by Gasteiger charge is -2.09. The molecule has 0 saturated carbocycles. The van der Waals surface area contributed by atoms with Crippen molar-refractivity contribution in [2.45, 2.75) is 5.66 Å². The van der Waals surface area contributed by atoms with E-state index in [2.05, 4.69) is 9.24 Å². The summed E-state index contributed by atoms with van der Waals surface area (Å²) in [7, 11) is 2.34. The number of hydrogen-bond acceptors (Lipinski definition) is 2. The summed E-state index contributed by atoms with van der Waals surface area (Å²) in [4.78, 5) is 24.2. The third-order valence-electron chi connectivity index (χ3n) is 2.68. The van der Waals surface area contributed by atoms with Crippen molar-refractivity contribution in [1.82, 2.24) is 0 Å². The molecule has 0 saturated heterocycles. The molecule has 0 fully saturated rings. The van der Waals surface area contributed by atoms with Crippen molar-refractivity contribution < 1.29 is 9.59 Å². The average Bonchev–Trinajstić information content (AvgIpc) is 2.47. The molecule has 18 heavy (non-hydrogen) atoms. The van der Waals surface area contributed by atoms with E-state index in [4.69, 9.17) is 0 Å². The summed E-state index contributed by atoms with van der Waals surface area (Å²) >= 11 is 0. The van der Waals surface area contributed by atoms with Crippen molar-refractivity contribution >= 4 is 20.8 Å². The van der Waals surface area contributed by atoms with Crippen LogP contribution in [0.4, 0.5) is 0 Å². The lowest BCUT2D eigenvalue weighted by atomic mass is 10.0. The summed E-state index contributed by atoms with van der Waals surface area (Å²) < 4.78 is 0. The number of ketones is 2. The van der Waals surface area contributed by atoms with Crippen LogP contribution in [0.3, 0.4) is 0 Å². The summed E-state index contributed by atoms with van der Waals surface area (Å²) in [6.45, 7) is 0. The van der Waals surface area contributed by atoms with Crippen molar-refractivity contribution in [2.24, 2.45) is 0 Å². The Kier molecular flexibility index (Phi) is 4.01. The van der Waals surface area contributed by atoms with Crippen LogP contribution in [-0.2, 0) is 0 Å². The zero-order valence-electron chi connectivity index (χ0n) is 9.74. The molecule has 2 rings (SSSR count). The fraction of sp³-hybridized carbons (Fsp3) is 0.0667. The Morgan fingerprint density at radius 1 is 0.722 bits per heavy atom. The van der Waals surface area contributed by atoms with E-state index < -0.39 is 5.66 Å². The van der Waals surface area contributed by atoms with Gasteiger partial charge in [0.25, 0.3) is 0 Å². The molecule has 0 amide bonds. The highest BCUT2D eigenvalue weighted by Crippen LogP contribution is 2.16. The van der Waals surface area contributed by atoms with E-state index in [-0.39, 0.29) is 11.6 Å². The van der Waals surface area contributed by atoms with Crippen LogP contribution in [0.5, 0.6) is 0 Å². The van der Waals surface area contributed by atoms with E-state index in [9.17, 15) is 9.59 Å². The second kappa shape index (κ2) is 5.70. The van der Waals surface area contributed by atoms with Crippen LogP contribution in [0, 0.1) is 0 Å². The smallest absolute Gasteiger partial charge is 0.177 e. The SMILES string of the molecule is O=C(c1ccccc1)C(P)C(=O)c1ccccc1. The molecule has 2 aromatic carbocycles. The molecule has 2 nitrogen and oxygen atoms in total. The second-order valence-electron chi connectivity index (χ2n) is 3.94. The van der Waals surface area contributed by atoms with Gasteiger partial charge in [0.15, 0.2) is 11.6 Å². The predicted molar refractivity (Wildman–Crippen MR) is 75.0 cm³/mol. The van der Waals surface area contributed by atoms with E-state index in [1.54, 1.807) is 48.5 Å². The van der Waals surface area contributed by atoms with E-state index in [0.29, 0.717) is 11.1 Å². The number of benzene rings is 2. The molecule has 0 heterocycles. The quantitative estimate of drug-likeness (QED) is 0.478. The van der Waals surface area contributed by atoms with Gasteiger partial charge in [0.1, 0.15) is 0 Å². The Morgan fingerprint density at radius 2 is 1.06 bits per heavy atom. The second-order valence-corrected chi connectivity index (χ2v) is 4.60. The number of rotatable bonds is 4. The molecule has 0 bridgehead atoms. The summed E-state index contributed by atoms with van der Waals surface area (Å²) in [6, 6.07) is 17.7. The normalized spacial score (nSPS) is 10.3. The summed E-state index contributed by atoms with van der Waals surface area (Å²) in [5, 5.41) is 0. The third-order valence-corrected chi connectivity index (χ3v) is 3.29. The molecule has 1 unspecified atom stereocenters. The fourth-order valence-electron chi connectivity index (χ4n) is 1.68. The first-order valence-corrected chi connectivity index (χ1v) is 6.31. The monoisotopic (exact) mass is 256 g/mol. The number of carbonyl (C=O) groups is 2. The molecule has 90 valence electrons. The van der Waals surface area contributed by atoms with Crippen molar-refractivity contribution in [2.75, 3.05) is 0 Å². The van der Waals surface area contributed by atoms with Crippen molar-refractivity contribution in [3.63, 3.8) is 0 Å². The van der Waals surface area contributed by atoms with E-state index >= 15 is 0 Å². The Bertz CT molecular complexity index is 498. The van der Waals surface area contributed by atoms with Crippen LogP contribution in [0.15, 0.2) is 60.7 Å². The highest BCUT2D eigenvalue weighted by molar-refractivity contribution is 7.22. The first kappa shape index (κ1) is 12.7. The van der Waals surface area contributed by atoms with Crippen LogP contribution in [-0.4, -0.2) is 17.2 Å². The highest BCUT2D eigenvalue weighted by Gasteiger charge is 2.23. The summed E-state index contributed by atoms with van der Waals surface area (Å²) in [5.41, 5.74) is 0.387. The first-order chi connectivity index (χ1) is 8.70. The standard InChI is InChI=1S/C15H13O2P/c16-13(11-7-3-1-4-8-11)15(18)14(17)12-9-5-2-6-10-12/h1-10,15H,18H2. The molecule has 0 aliphatic carbocycles. The molecular formula is C15H13O2P. The van der Waals surface area contributed by atoms with Crippen LogP contribution in [0.1, 0.15) is 20.7 Å². The maximum absolute atomic E-state index is 12.1. The topological polar surface area (TPSA) is 34.1 Å². The Labute approximate surface area is 108 Å². The highest BCUT2D eigenvalue weighted by atomic mass is 31.0. The molecular weight excluding hydrogens is 243 g/mol. The minimum atomic E-state index is -0.727. The molecule has 0 aliphatic rings. The van der Waals surface area contributed by atoms with E-state index in [1.165, 1.54) is 0 Å². The van der Waals surface area contributed by atoms with Gasteiger partial charge in [-0.15, -0.1) is 9.24 Å². The molecule has 0 radical (unpaired) electrons. The Morgan fingerprint density at radius 3 is 1.39 bits per heavy atom. The maximum atomic E-state index is 12.1. The Hall–Kier alpha value is -1.79. The average molecular weight is 256 g/mol. The molecule has 0 spiro atoms. The van der Waals surface area contributed by atoms with E-state index in [0.717, 1.165) is 0 Å². The third kappa shape index (κ3) is 2.72. The lowest BCUT2D eigenvalue weighted by Crippen LogP contribution is -2.24. The van der Waals surface area contributed by atoms with Crippen molar-refractivity contribution in [1.29, 1.82) is 0 Å². The van der Waals surface area contributed by atoms with Gasteiger partial charge in [-0.3, -0.25) is 9.59 Å². The molecule has 0 aliphatic heterocycles. The minimum absolute atomic E-state index is 0.172. The van der Waals surface area contributed by atoms with Gasteiger partial charge in [-0.1, -0.05) is 60.7 Å². The molecule has 3 heteroatoms. The van der Waals surface area contributed by atoms with Gasteiger partial charge >= 0.3 is 0 Å². The van der Waals surface area contributed by atoms with Crippen LogP contribution in [0.2, 0.25) is 0 Å². The summed E-state index contributed by atoms with van der Waals surface area (Å²) in [6.07, 6.45) is 0. The zero-order chi connectivity index (χ0) is 13.0. The zero-order valence-corrected chi connectivity index (χ0v) is 10.9. The fourth-order valence-corrected chi connectivity index (χ4v) is 2.07. The van der Waals surface area contributed by atoms with Crippen molar-refractivity contribution in [3.05, 3.63) is 71.8 Å². The van der Waals surface area contributed by atoms with Gasteiger partial charge in [0, 0.05) is 11.1 Å². The maximum Gasteiger partial charge on any atom is 0.177 e. The minimum Gasteiger partial charge on any atom is -0.293 e. The van der Waals surface area contributed by atoms with Crippen LogP contribution in [0.25, 0.3) is 0 Å². The molecule has 1 atom stereocenters. The molecule has 0 N–H and O–H groups in total. The van der Waals surface area contributed by atoms with Gasteiger partial charge in [-0.25, -0.2) is 0 Å². The van der Waals surface area contributed by atoms with Gasteiger partial charge in [0.05, 0.1) is 5.66 Å². The van der Waals surface area contributed by atoms with Crippen LogP contribution >= 0.6 is 9.24 Å². The number of hydrogen-bond donors (Lipinski definition) is 0. The van der Waals surface area contributed by atoms with Gasteiger partial charge in [-0.05, 0) is 0 Å². The molecule has 0 aromatic heterocycles. The van der Waals surface area contributed by atoms with Crippen LogP contribution < -0.4 is 0 Å².